The fourth-order valence-corrected chi connectivity index (χ4v) is 2.31. The van der Waals surface area contributed by atoms with Gasteiger partial charge in [-0.1, -0.05) is 23.7 Å². The van der Waals surface area contributed by atoms with Crippen LogP contribution in [0.2, 0.25) is 5.02 Å². The van der Waals surface area contributed by atoms with Crippen LogP contribution in [-0.4, -0.2) is 17.0 Å². The van der Waals surface area contributed by atoms with Gasteiger partial charge in [-0.15, -0.1) is 0 Å². The van der Waals surface area contributed by atoms with Crippen LogP contribution in [0.5, 0.6) is 0 Å². The molecular formula is C16H13ClF4N2O2. The lowest BCUT2D eigenvalue weighted by molar-refractivity contribution is -0.138. The molecule has 0 saturated carbocycles. The molecule has 0 unspecified atom stereocenters. The lowest BCUT2D eigenvalue weighted by Crippen LogP contribution is -2.34. The molecular weight excluding hydrogens is 364 g/mol. The van der Waals surface area contributed by atoms with Crippen molar-refractivity contribution in [1.29, 1.82) is 0 Å². The Morgan fingerprint density at radius 2 is 1.84 bits per heavy atom. The second kappa shape index (κ2) is 7.69. The molecule has 0 radical (unpaired) electrons. The maximum Gasteiger partial charge on any atom is 0.417 e. The Bertz CT molecular complexity index is 816. The largest absolute Gasteiger partial charge is 0.417 e. The molecule has 1 heterocycles. The molecule has 0 aliphatic heterocycles. The zero-order valence-electron chi connectivity index (χ0n) is 12.7. The van der Waals surface area contributed by atoms with Gasteiger partial charge in [0, 0.05) is 12.7 Å². The van der Waals surface area contributed by atoms with E-state index >= 15 is 0 Å². The molecule has 1 amide bonds. The molecule has 0 fully saturated rings. The summed E-state index contributed by atoms with van der Waals surface area (Å²) in [6.45, 7) is -0.405. The molecule has 1 aromatic heterocycles. The van der Waals surface area contributed by atoms with E-state index in [2.05, 4.69) is 5.32 Å². The number of halogens is 5. The topological polar surface area (TPSA) is 51.1 Å². The van der Waals surface area contributed by atoms with Crippen molar-refractivity contribution in [3.8, 4) is 0 Å². The van der Waals surface area contributed by atoms with Crippen molar-refractivity contribution < 1.29 is 22.4 Å². The van der Waals surface area contributed by atoms with E-state index in [0.717, 1.165) is 5.56 Å². The van der Waals surface area contributed by atoms with Gasteiger partial charge in [0.25, 0.3) is 5.56 Å². The summed E-state index contributed by atoms with van der Waals surface area (Å²) in [5.41, 5.74) is -1.22. The highest BCUT2D eigenvalue weighted by atomic mass is 35.5. The van der Waals surface area contributed by atoms with E-state index in [9.17, 15) is 27.2 Å². The summed E-state index contributed by atoms with van der Waals surface area (Å²) in [7, 11) is 0. The predicted octanol–water partition coefficient (Wildman–Crippen LogP) is 3.02. The molecule has 0 saturated heterocycles. The van der Waals surface area contributed by atoms with Crippen LogP contribution in [0.25, 0.3) is 0 Å². The number of hydrogen-bond donors (Lipinski definition) is 1. The van der Waals surface area contributed by atoms with Crippen LogP contribution < -0.4 is 10.9 Å². The smallest absolute Gasteiger partial charge is 0.354 e. The van der Waals surface area contributed by atoms with E-state index in [-0.39, 0.29) is 12.4 Å². The molecule has 0 aliphatic carbocycles. The Hall–Kier alpha value is -2.35. The molecule has 134 valence electrons. The summed E-state index contributed by atoms with van der Waals surface area (Å²) < 4.78 is 51.6. The predicted molar refractivity (Wildman–Crippen MR) is 83.8 cm³/mol. The fraction of sp³-hybridized carbons (Fsp3) is 0.250. The van der Waals surface area contributed by atoms with E-state index in [4.69, 9.17) is 11.6 Å². The van der Waals surface area contributed by atoms with E-state index in [0.29, 0.717) is 23.3 Å². The summed E-state index contributed by atoms with van der Waals surface area (Å²) in [6.07, 6.45) is -3.73. The zero-order chi connectivity index (χ0) is 18.6. The Kier molecular flexibility index (Phi) is 5.84. The Labute approximate surface area is 145 Å². The van der Waals surface area contributed by atoms with Gasteiger partial charge in [0.15, 0.2) is 0 Å². The number of hydrogen-bond acceptors (Lipinski definition) is 2. The van der Waals surface area contributed by atoms with E-state index in [1.54, 1.807) is 12.1 Å². The van der Waals surface area contributed by atoms with Gasteiger partial charge < -0.3 is 9.88 Å². The van der Waals surface area contributed by atoms with Gasteiger partial charge >= 0.3 is 6.18 Å². The van der Waals surface area contributed by atoms with Gasteiger partial charge in [0.05, 0.1) is 5.56 Å². The average molecular weight is 377 g/mol. The molecule has 2 aromatic rings. The van der Waals surface area contributed by atoms with Gasteiger partial charge in [-0.05, 0) is 30.2 Å². The number of carbonyl (C=O) groups excluding carboxylic acids is 1. The number of amides is 1. The van der Waals surface area contributed by atoms with Crippen molar-refractivity contribution in [3.63, 3.8) is 0 Å². The molecule has 0 atom stereocenters. The molecule has 0 aliphatic rings. The average Bonchev–Trinajstić information content (AvgIpc) is 2.52. The van der Waals surface area contributed by atoms with Crippen molar-refractivity contribution in [2.24, 2.45) is 0 Å². The number of aromatic nitrogens is 1. The number of benzene rings is 1. The molecule has 2 rings (SSSR count). The quantitative estimate of drug-likeness (QED) is 0.816. The van der Waals surface area contributed by atoms with Crippen molar-refractivity contribution in [3.05, 3.63) is 68.8 Å². The molecule has 4 nitrogen and oxygen atoms in total. The maximum atomic E-state index is 12.8. The number of nitrogens with one attached hydrogen (secondary N) is 1. The minimum Gasteiger partial charge on any atom is -0.354 e. The normalized spacial score (nSPS) is 11.4. The van der Waals surface area contributed by atoms with Gasteiger partial charge in [-0.3, -0.25) is 9.59 Å². The highest BCUT2D eigenvalue weighted by Gasteiger charge is 2.32. The highest BCUT2D eigenvalue weighted by Crippen LogP contribution is 2.29. The number of carbonyl (C=O) groups is 1. The second-order valence-corrected chi connectivity index (χ2v) is 5.64. The van der Waals surface area contributed by atoms with E-state index in [1.807, 2.05) is 0 Å². The summed E-state index contributed by atoms with van der Waals surface area (Å²) in [4.78, 5) is 23.6. The molecule has 1 aromatic carbocycles. The van der Waals surface area contributed by atoms with Crippen LogP contribution in [0, 0.1) is 5.82 Å². The van der Waals surface area contributed by atoms with Crippen molar-refractivity contribution >= 4 is 17.5 Å². The first-order valence-corrected chi connectivity index (χ1v) is 7.53. The number of nitrogens with zero attached hydrogens (tertiary/aromatic N) is 1. The SMILES string of the molecule is O=C(Cn1cc(C(F)(F)F)cc(Cl)c1=O)NCCc1ccc(F)cc1. The van der Waals surface area contributed by atoms with Gasteiger partial charge in [-0.2, -0.15) is 13.2 Å². The Morgan fingerprint density at radius 3 is 2.44 bits per heavy atom. The molecule has 25 heavy (non-hydrogen) atoms. The lowest BCUT2D eigenvalue weighted by Gasteiger charge is -2.12. The van der Waals surface area contributed by atoms with Gasteiger partial charge in [0.1, 0.15) is 17.4 Å². The molecule has 9 heteroatoms. The second-order valence-electron chi connectivity index (χ2n) is 5.23. The van der Waals surface area contributed by atoms with Crippen LogP contribution in [0.15, 0.2) is 41.3 Å². The van der Waals surface area contributed by atoms with Crippen LogP contribution >= 0.6 is 11.6 Å². The lowest BCUT2D eigenvalue weighted by atomic mass is 10.1. The summed E-state index contributed by atoms with van der Waals surface area (Å²) in [6, 6.07) is 6.19. The monoisotopic (exact) mass is 376 g/mol. The van der Waals surface area contributed by atoms with Crippen molar-refractivity contribution in [1.82, 2.24) is 9.88 Å². The first-order chi connectivity index (χ1) is 11.7. The fourth-order valence-electron chi connectivity index (χ4n) is 2.08. The van der Waals surface area contributed by atoms with E-state index in [1.165, 1.54) is 12.1 Å². The number of alkyl halides is 3. The summed E-state index contributed by atoms with van der Waals surface area (Å²) >= 11 is 5.51. The minimum absolute atomic E-state index is 0.186. The van der Waals surface area contributed by atoms with Crippen molar-refractivity contribution in [2.45, 2.75) is 19.1 Å². The van der Waals surface area contributed by atoms with Crippen LogP contribution in [0.4, 0.5) is 17.6 Å². The van der Waals surface area contributed by atoms with Gasteiger partial charge in [0.2, 0.25) is 5.91 Å². The molecule has 0 bridgehead atoms. The number of rotatable bonds is 5. The van der Waals surface area contributed by atoms with Crippen LogP contribution in [-0.2, 0) is 23.9 Å². The number of pyridine rings is 1. The van der Waals surface area contributed by atoms with Gasteiger partial charge in [-0.25, -0.2) is 4.39 Å². The molecule has 0 spiro atoms. The first kappa shape index (κ1) is 19.0. The Morgan fingerprint density at radius 1 is 1.20 bits per heavy atom. The van der Waals surface area contributed by atoms with Crippen molar-refractivity contribution in [2.75, 3.05) is 6.54 Å². The third-order valence-electron chi connectivity index (χ3n) is 3.33. The Balaban J connectivity index is 1.99. The third-order valence-corrected chi connectivity index (χ3v) is 3.60. The summed E-state index contributed by atoms with van der Waals surface area (Å²) in [5, 5.41) is 1.87. The molecule has 1 N–H and O–H groups in total. The standard InChI is InChI=1S/C16H13ClF4N2O2/c17-13-7-11(16(19,20)21)8-23(15(13)25)9-14(24)22-6-5-10-1-3-12(18)4-2-10/h1-4,7-8H,5-6,9H2,(H,22,24). The van der Waals surface area contributed by atoms with Crippen LogP contribution in [0.1, 0.15) is 11.1 Å². The van der Waals surface area contributed by atoms with Crippen LogP contribution in [0.3, 0.4) is 0 Å². The zero-order valence-corrected chi connectivity index (χ0v) is 13.5. The highest BCUT2D eigenvalue weighted by molar-refractivity contribution is 6.30. The first-order valence-electron chi connectivity index (χ1n) is 7.15. The maximum absolute atomic E-state index is 12.8. The summed E-state index contributed by atoms with van der Waals surface area (Å²) in [5.74, 6) is -1.02. The van der Waals surface area contributed by atoms with E-state index < -0.39 is 34.8 Å². The third kappa shape index (κ3) is 5.32. The minimum atomic E-state index is -4.68.